The molecular formula is C19H25N3O4. The fourth-order valence-electron chi connectivity index (χ4n) is 3.96. The Morgan fingerprint density at radius 3 is 2.81 bits per heavy atom. The third-order valence-electron chi connectivity index (χ3n) is 5.53. The Hall–Kier alpha value is -2.12. The van der Waals surface area contributed by atoms with E-state index >= 15 is 0 Å². The Bertz CT molecular complexity index is 702. The lowest BCUT2D eigenvalue weighted by molar-refractivity contribution is -0.120. The smallest absolute Gasteiger partial charge is 0.264 e. The predicted molar refractivity (Wildman–Crippen MR) is 96.6 cm³/mol. The average Bonchev–Trinajstić information content (AvgIpc) is 3.13. The zero-order valence-corrected chi connectivity index (χ0v) is 15.1. The quantitative estimate of drug-likeness (QED) is 0.873. The van der Waals surface area contributed by atoms with Crippen molar-refractivity contribution in [1.29, 1.82) is 0 Å². The van der Waals surface area contributed by atoms with Crippen molar-refractivity contribution in [2.24, 2.45) is 0 Å². The molecule has 3 aliphatic rings. The maximum absolute atomic E-state index is 12.8. The summed E-state index contributed by atoms with van der Waals surface area (Å²) in [5.41, 5.74) is 1.15. The molecule has 0 aliphatic carbocycles. The normalized spacial score (nSPS) is 26.3. The molecule has 0 bridgehead atoms. The van der Waals surface area contributed by atoms with Crippen molar-refractivity contribution in [3.8, 4) is 5.75 Å². The minimum Gasteiger partial charge on any atom is -0.482 e. The van der Waals surface area contributed by atoms with Gasteiger partial charge in [-0.2, -0.15) is 0 Å². The van der Waals surface area contributed by atoms with Gasteiger partial charge in [0.15, 0.2) is 6.61 Å². The number of rotatable bonds is 3. The van der Waals surface area contributed by atoms with E-state index in [1.165, 1.54) is 24.2 Å². The molecule has 2 fully saturated rings. The minimum absolute atomic E-state index is 0.00718. The number of anilines is 1. The standard InChI is InChI=1S/C19H25N3O4/c1-21-15-9-13(5-6-17(15)26-12-18(21)23)19(24)20-14-10-25-11-16(14)22-7-3-2-4-8-22/h5-6,9,14,16H,2-4,7-8,10-12H2,1H3,(H,20,24)/t14-,16-/m0/s1. The third-order valence-corrected chi connectivity index (χ3v) is 5.53. The van der Waals surface area contributed by atoms with Gasteiger partial charge in [-0.1, -0.05) is 6.42 Å². The van der Waals surface area contributed by atoms with Crippen molar-refractivity contribution in [1.82, 2.24) is 10.2 Å². The molecule has 1 aromatic carbocycles. The Morgan fingerprint density at radius 1 is 1.19 bits per heavy atom. The maximum atomic E-state index is 12.8. The number of nitrogens with one attached hydrogen (secondary N) is 1. The van der Waals surface area contributed by atoms with Gasteiger partial charge in [-0.3, -0.25) is 14.5 Å². The second-order valence-electron chi connectivity index (χ2n) is 7.21. The molecule has 140 valence electrons. The van der Waals surface area contributed by atoms with Crippen LogP contribution in [0.3, 0.4) is 0 Å². The summed E-state index contributed by atoms with van der Waals surface area (Å²) in [7, 11) is 1.70. The number of likely N-dealkylation sites (N-methyl/N-ethyl adjacent to an activating group) is 1. The van der Waals surface area contributed by atoms with Crippen LogP contribution in [0.5, 0.6) is 5.75 Å². The topological polar surface area (TPSA) is 71.1 Å². The monoisotopic (exact) mass is 359 g/mol. The van der Waals surface area contributed by atoms with Crippen molar-refractivity contribution < 1.29 is 19.1 Å². The molecule has 2 amide bonds. The molecule has 1 aromatic rings. The van der Waals surface area contributed by atoms with Gasteiger partial charge in [0.05, 0.1) is 31.0 Å². The number of ether oxygens (including phenoxy) is 2. The van der Waals surface area contributed by atoms with E-state index in [0.717, 1.165) is 13.1 Å². The number of piperidine rings is 1. The first-order valence-electron chi connectivity index (χ1n) is 9.29. The summed E-state index contributed by atoms with van der Waals surface area (Å²) in [5, 5.41) is 3.13. The van der Waals surface area contributed by atoms with Crippen molar-refractivity contribution in [2.75, 3.05) is 44.9 Å². The number of carbonyl (C=O) groups excluding carboxylic acids is 2. The van der Waals surface area contributed by atoms with Crippen LogP contribution in [0.25, 0.3) is 0 Å². The van der Waals surface area contributed by atoms with Gasteiger partial charge in [0.2, 0.25) is 0 Å². The largest absolute Gasteiger partial charge is 0.482 e. The molecule has 0 radical (unpaired) electrons. The molecule has 0 spiro atoms. The summed E-state index contributed by atoms with van der Waals surface area (Å²) in [4.78, 5) is 28.6. The number of likely N-dealkylation sites (tertiary alicyclic amines) is 1. The molecule has 0 saturated carbocycles. The van der Waals surface area contributed by atoms with Gasteiger partial charge in [-0.25, -0.2) is 0 Å². The Balaban J connectivity index is 1.47. The molecule has 7 nitrogen and oxygen atoms in total. The number of hydrogen-bond donors (Lipinski definition) is 1. The van der Waals surface area contributed by atoms with Crippen LogP contribution >= 0.6 is 0 Å². The number of nitrogens with zero attached hydrogens (tertiary/aromatic N) is 2. The van der Waals surface area contributed by atoms with Crippen LogP contribution in [-0.4, -0.2) is 68.8 Å². The number of amides is 2. The summed E-state index contributed by atoms with van der Waals surface area (Å²) in [6, 6.07) is 5.44. The molecule has 3 heterocycles. The lowest BCUT2D eigenvalue weighted by Crippen LogP contribution is -2.52. The highest BCUT2D eigenvalue weighted by Gasteiger charge is 2.35. The lowest BCUT2D eigenvalue weighted by atomic mass is 10.0. The predicted octanol–water partition coefficient (Wildman–Crippen LogP) is 1.02. The van der Waals surface area contributed by atoms with E-state index in [4.69, 9.17) is 9.47 Å². The Labute approximate surface area is 153 Å². The van der Waals surface area contributed by atoms with E-state index in [2.05, 4.69) is 10.2 Å². The highest BCUT2D eigenvalue weighted by Crippen LogP contribution is 2.32. The molecule has 3 aliphatic heterocycles. The third kappa shape index (κ3) is 3.29. The molecule has 0 unspecified atom stereocenters. The zero-order chi connectivity index (χ0) is 18.1. The van der Waals surface area contributed by atoms with Crippen LogP contribution in [-0.2, 0) is 9.53 Å². The molecule has 2 atom stereocenters. The van der Waals surface area contributed by atoms with Gasteiger partial charge in [0, 0.05) is 12.6 Å². The van der Waals surface area contributed by atoms with E-state index in [9.17, 15) is 9.59 Å². The highest BCUT2D eigenvalue weighted by atomic mass is 16.5. The van der Waals surface area contributed by atoms with Gasteiger partial charge in [-0.05, 0) is 44.1 Å². The van der Waals surface area contributed by atoms with E-state index in [1.54, 1.807) is 25.2 Å². The average molecular weight is 359 g/mol. The van der Waals surface area contributed by atoms with E-state index in [-0.39, 0.29) is 30.5 Å². The van der Waals surface area contributed by atoms with E-state index in [0.29, 0.717) is 30.2 Å². The van der Waals surface area contributed by atoms with Crippen molar-refractivity contribution in [3.05, 3.63) is 23.8 Å². The first-order chi connectivity index (χ1) is 12.6. The number of hydrogen-bond acceptors (Lipinski definition) is 5. The Kier molecular flexibility index (Phi) is 4.82. The van der Waals surface area contributed by atoms with E-state index in [1.807, 2.05) is 0 Å². The second kappa shape index (κ2) is 7.25. The fraction of sp³-hybridized carbons (Fsp3) is 0.579. The summed E-state index contributed by atoms with van der Waals surface area (Å²) in [6.45, 7) is 3.39. The van der Waals surface area contributed by atoms with Crippen LogP contribution < -0.4 is 15.0 Å². The number of carbonyl (C=O) groups is 2. The SMILES string of the molecule is CN1C(=O)COc2ccc(C(=O)N[C@H]3COC[C@@H]3N3CCCCC3)cc21. The molecule has 4 rings (SSSR count). The van der Waals surface area contributed by atoms with Crippen LogP contribution in [0.15, 0.2) is 18.2 Å². The summed E-state index contributed by atoms with van der Waals surface area (Å²) >= 11 is 0. The van der Waals surface area contributed by atoms with Gasteiger partial charge >= 0.3 is 0 Å². The van der Waals surface area contributed by atoms with Crippen LogP contribution in [0.4, 0.5) is 5.69 Å². The number of fused-ring (bicyclic) bond motifs is 1. The maximum Gasteiger partial charge on any atom is 0.264 e. The summed E-state index contributed by atoms with van der Waals surface area (Å²) in [6.07, 6.45) is 3.70. The van der Waals surface area contributed by atoms with Gasteiger partial charge < -0.3 is 19.7 Å². The fourth-order valence-corrected chi connectivity index (χ4v) is 3.96. The zero-order valence-electron chi connectivity index (χ0n) is 15.1. The van der Waals surface area contributed by atoms with Crippen molar-refractivity contribution >= 4 is 17.5 Å². The first-order valence-corrected chi connectivity index (χ1v) is 9.29. The van der Waals surface area contributed by atoms with Crippen LogP contribution in [0.2, 0.25) is 0 Å². The molecule has 0 aromatic heterocycles. The summed E-state index contributed by atoms with van der Waals surface area (Å²) in [5.74, 6) is 0.361. The van der Waals surface area contributed by atoms with Gasteiger partial charge in [0.25, 0.3) is 11.8 Å². The van der Waals surface area contributed by atoms with E-state index < -0.39 is 0 Å². The summed E-state index contributed by atoms with van der Waals surface area (Å²) < 4.78 is 11.1. The van der Waals surface area contributed by atoms with Gasteiger partial charge in [0.1, 0.15) is 5.75 Å². The molecular weight excluding hydrogens is 334 g/mol. The van der Waals surface area contributed by atoms with Crippen LogP contribution in [0, 0.1) is 0 Å². The molecule has 26 heavy (non-hydrogen) atoms. The molecule has 1 N–H and O–H groups in total. The minimum atomic E-state index is -0.142. The first kappa shape index (κ1) is 17.3. The van der Waals surface area contributed by atoms with Gasteiger partial charge in [-0.15, -0.1) is 0 Å². The van der Waals surface area contributed by atoms with Crippen molar-refractivity contribution in [2.45, 2.75) is 31.3 Å². The Morgan fingerprint density at radius 2 is 2.00 bits per heavy atom. The van der Waals surface area contributed by atoms with Crippen LogP contribution in [0.1, 0.15) is 29.6 Å². The number of benzene rings is 1. The molecule has 7 heteroatoms. The van der Waals surface area contributed by atoms with Crippen molar-refractivity contribution in [3.63, 3.8) is 0 Å². The lowest BCUT2D eigenvalue weighted by Gasteiger charge is -2.34. The highest BCUT2D eigenvalue weighted by molar-refractivity contribution is 6.01. The molecule has 2 saturated heterocycles. The second-order valence-corrected chi connectivity index (χ2v) is 7.21.